The Morgan fingerprint density at radius 2 is 1.62 bits per heavy atom. The van der Waals surface area contributed by atoms with Crippen LogP contribution in [0.5, 0.6) is 0 Å². The summed E-state index contributed by atoms with van der Waals surface area (Å²) >= 11 is 0. The zero-order valence-electron chi connectivity index (χ0n) is 13.7. The standard InChI is InChI=1S/C20H21N2O2/c1-14(23)22-13-5-8-18(19(22)20(21)24)17-11-9-16(10-12-17)15-6-3-2-4-7-15/h2-4,6-12,18-19H,5,13H2,1H3,(H2,21,24)/t18-,19+/m1/s1. The van der Waals surface area contributed by atoms with Gasteiger partial charge >= 0.3 is 0 Å². The molecule has 4 heteroatoms. The van der Waals surface area contributed by atoms with E-state index in [2.05, 4.69) is 18.6 Å². The molecule has 0 unspecified atom stereocenters. The van der Waals surface area contributed by atoms with Crippen LogP contribution < -0.4 is 5.73 Å². The first-order valence-electron chi connectivity index (χ1n) is 8.13. The van der Waals surface area contributed by atoms with E-state index < -0.39 is 11.9 Å². The van der Waals surface area contributed by atoms with E-state index in [1.54, 1.807) is 4.90 Å². The molecule has 1 heterocycles. The molecule has 0 bridgehead atoms. The Kier molecular flexibility index (Phi) is 4.65. The van der Waals surface area contributed by atoms with Crippen molar-refractivity contribution >= 4 is 11.8 Å². The highest BCUT2D eigenvalue weighted by atomic mass is 16.2. The number of primary amides is 1. The molecule has 2 aromatic carbocycles. The van der Waals surface area contributed by atoms with Gasteiger partial charge in [0.05, 0.1) is 0 Å². The summed E-state index contributed by atoms with van der Waals surface area (Å²) in [4.78, 5) is 25.4. The van der Waals surface area contributed by atoms with Crippen LogP contribution in [0.15, 0.2) is 54.6 Å². The fourth-order valence-corrected chi connectivity index (χ4v) is 3.39. The number of benzene rings is 2. The average Bonchev–Trinajstić information content (AvgIpc) is 2.62. The number of carbonyl (C=O) groups excluding carboxylic acids is 2. The highest BCUT2D eigenvalue weighted by Gasteiger charge is 2.37. The lowest BCUT2D eigenvalue weighted by Gasteiger charge is -2.39. The molecule has 2 N–H and O–H groups in total. The predicted molar refractivity (Wildman–Crippen MR) is 93.9 cm³/mol. The Balaban J connectivity index is 1.89. The molecule has 0 saturated carbocycles. The van der Waals surface area contributed by atoms with Crippen molar-refractivity contribution in [2.45, 2.75) is 25.3 Å². The van der Waals surface area contributed by atoms with Gasteiger partial charge in [0.2, 0.25) is 11.8 Å². The summed E-state index contributed by atoms with van der Waals surface area (Å²) in [5, 5.41) is 0. The number of likely N-dealkylation sites (tertiary alicyclic amines) is 1. The first-order valence-corrected chi connectivity index (χ1v) is 8.13. The summed E-state index contributed by atoms with van der Waals surface area (Å²) in [6.07, 6.45) is 2.85. The quantitative estimate of drug-likeness (QED) is 0.945. The van der Waals surface area contributed by atoms with Crippen molar-refractivity contribution in [2.24, 2.45) is 5.73 Å². The third-order valence-corrected chi connectivity index (χ3v) is 4.57. The maximum Gasteiger partial charge on any atom is 0.240 e. The molecule has 2 aromatic rings. The molecule has 4 nitrogen and oxygen atoms in total. The largest absolute Gasteiger partial charge is 0.368 e. The SMILES string of the molecule is CC(=O)N1CC[CH][C@H](c2ccc(-c3ccccc3)cc2)[C@H]1C(N)=O. The molecule has 1 aliphatic heterocycles. The summed E-state index contributed by atoms with van der Waals surface area (Å²) in [6, 6.07) is 17.6. The summed E-state index contributed by atoms with van der Waals surface area (Å²) in [7, 11) is 0. The third-order valence-electron chi connectivity index (χ3n) is 4.57. The monoisotopic (exact) mass is 321 g/mol. The zero-order valence-corrected chi connectivity index (χ0v) is 13.7. The zero-order chi connectivity index (χ0) is 17.1. The van der Waals surface area contributed by atoms with Crippen molar-refractivity contribution in [1.29, 1.82) is 0 Å². The lowest BCUT2D eigenvalue weighted by molar-refractivity contribution is -0.139. The Bertz CT molecular complexity index is 725. The van der Waals surface area contributed by atoms with Crippen molar-refractivity contribution in [3.63, 3.8) is 0 Å². The second-order valence-electron chi connectivity index (χ2n) is 6.10. The molecule has 1 aliphatic rings. The smallest absolute Gasteiger partial charge is 0.240 e. The molecule has 1 fully saturated rings. The van der Waals surface area contributed by atoms with Gasteiger partial charge in [-0.05, 0) is 29.5 Å². The van der Waals surface area contributed by atoms with Crippen molar-refractivity contribution in [2.75, 3.05) is 6.54 Å². The normalized spacial score (nSPS) is 20.6. The maximum atomic E-state index is 11.9. The molecule has 24 heavy (non-hydrogen) atoms. The van der Waals surface area contributed by atoms with E-state index in [1.165, 1.54) is 6.92 Å². The fourth-order valence-electron chi connectivity index (χ4n) is 3.39. The molecular formula is C20H21N2O2. The topological polar surface area (TPSA) is 63.4 Å². The minimum atomic E-state index is -0.612. The Morgan fingerprint density at radius 3 is 2.21 bits per heavy atom. The van der Waals surface area contributed by atoms with Gasteiger partial charge in [0.15, 0.2) is 0 Å². The lowest BCUT2D eigenvalue weighted by Crippen LogP contribution is -2.53. The van der Waals surface area contributed by atoms with Crippen LogP contribution in [0.4, 0.5) is 0 Å². The van der Waals surface area contributed by atoms with Crippen LogP contribution in [-0.2, 0) is 9.59 Å². The fraction of sp³-hybridized carbons (Fsp3) is 0.250. The molecule has 0 aliphatic carbocycles. The van der Waals surface area contributed by atoms with Gasteiger partial charge in [0.25, 0.3) is 0 Å². The number of nitrogens with zero attached hydrogens (tertiary/aromatic N) is 1. The number of carbonyl (C=O) groups is 2. The molecule has 1 saturated heterocycles. The highest BCUT2D eigenvalue weighted by Crippen LogP contribution is 2.33. The maximum absolute atomic E-state index is 11.9. The van der Waals surface area contributed by atoms with Gasteiger partial charge in [-0.1, -0.05) is 54.6 Å². The van der Waals surface area contributed by atoms with Crippen molar-refractivity contribution in [3.8, 4) is 11.1 Å². The van der Waals surface area contributed by atoms with Gasteiger partial charge < -0.3 is 10.6 Å². The third kappa shape index (κ3) is 3.18. The number of nitrogens with two attached hydrogens (primary N) is 1. The van der Waals surface area contributed by atoms with Gasteiger partial charge in [-0.2, -0.15) is 0 Å². The summed E-state index contributed by atoms with van der Waals surface area (Å²) in [5.41, 5.74) is 8.86. The number of hydrogen-bond acceptors (Lipinski definition) is 2. The van der Waals surface area contributed by atoms with Crippen LogP contribution in [0.3, 0.4) is 0 Å². The van der Waals surface area contributed by atoms with E-state index in [4.69, 9.17) is 5.73 Å². The number of amides is 2. The van der Waals surface area contributed by atoms with Gasteiger partial charge in [0.1, 0.15) is 6.04 Å². The van der Waals surface area contributed by atoms with Crippen LogP contribution in [0.1, 0.15) is 24.8 Å². The van der Waals surface area contributed by atoms with E-state index in [0.29, 0.717) is 6.54 Å². The molecule has 0 aromatic heterocycles. The molecule has 1 radical (unpaired) electrons. The molecule has 123 valence electrons. The van der Waals surface area contributed by atoms with Gasteiger partial charge in [-0.3, -0.25) is 9.59 Å². The highest BCUT2D eigenvalue weighted by molar-refractivity contribution is 5.87. The number of hydrogen-bond donors (Lipinski definition) is 1. The number of rotatable bonds is 3. The van der Waals surface area contributed by atoms with Crippen molar-refractivity contribution < 1.29 is 9.59 Å². The minimum Gasteiger partial charge on any atom is -0.368 e. The van der Waals surface area contributed by atoms with E-state index in [0.717, 1.165) is 23.1 Å². The van der Waals surface area contributed by atoms with Crippen LogP contribution in [0.2, 0.25) is 0 Å². The molecule has 2 atom stereocenters. The second-order valence-corrected chi connectivity index (χ2v) is 6.10. The van der Waals surface area contributed by atoms with Crippen LogP contribution >= 0.6 is 0 Å². The van der Waals surface area contributed by atoms with E-state index in [9.17, 15) is 9.59 Å². The van der Waals surface area contributed by atoms with Crippen molar-refractivity contribution in [1.82, 2.24) is 4.90 Å². The van der Waals surface area contributed by atoms with Crippen LogP contribution in [-0.4, -0.2) is 29.3 Å². The summed E-state index contributed by atoms with van der Waals surface area (Å²) in [5.74, 6) is -0.735. The summed E-state index contributed by atoms with van der Waals surface area (Å²) in [6.45, 7) is 2.03. The van der Waals surface area contributed by atoms with E-state index >= 15 is 0 Å². The Morgan fingerprint density at radius 1 is 1.00 bits per heavy atom. The summed E-state index contributed by atoms with van der Waals surface area (Å²) < 4.78 is 0. The Hall–Kier alpha value is -2.62. The molecule has 2 amide bonds. The number of piperidine rings is 1. The first kappa shape index (κ1) is 16.2. The molecule has 0 spiro atoms. The first-order chi connectivity index (χ1) is 11.6. The lowest BCUT2D eigenvalue weighted by atomic mass is 9.82. The van der Waals surface area contributed by atoms with Crippen LogP contribution in [0.25, 0.3) is 11.1 Å². The van der Waals surface area contributed by atoms with Gasteiger partial charge in [-0.25, -0.2) is 0 Å². The van der Waals surface area contributed by atoms with Crippen LogP contribution in [0, 0.1) is 6.42 Å². The van der Waals surface area contributed by atoms with Gasteiger partial charge in [0, 0.05) is 19.4 Å². The van der Waals surface area contributed by atoms with E-state index in [-0.39, 0.29) is 11.8 Å². The van der Waals surface area contributed by atoms with E-state index in [1.807, 2.05) is 42.5 Å². The molecule has 3 rings (SSSR count). The minimum absolute atomic E-state index is 0.113. The van der Waals surface area contributed by atoms with Crippen molar-refractivity contribution in [3.05, 3.63) is 66.6 Å². The predicted octanol–water partition coefficient (Wildman–Crippen LogP) is 2.75. The van der Waals surface area contributed by atoms with Gasteiger partial charge in [-0.15, -0.1) is 0 Å². The Labute approximate surface area is 142 Å². The second kappa shape index (κ2) is 6.87. The average molecular weight is 321 g/mol. The molecular weight excluding hydrogens is 300 g/mol.